The van der Waals surface area contributed by atoms with Crippen molar-refractivity contribution in [3.8, 4) is 11.5 Å². The predicted octanol–water partition coefficient (Wildman–Crippen LogP) is 4.21. The van der Waals surface area contributed by atoms with E-state index in [4.69, 9.17) is 15.2 Å². The Kier molecular flexibility index (Phi) is 9.00. The van der Waals surface area contributed by atoms with Crippen LogP contribution in [0.1, 0.15) is 43.4 Å². The SMILES string of the molecule is C=C(c1cc(C(C)C)c(OC)cc1O)N(c1ccc(CN2CCN(C)CC2)cc1F)[C@@](C)(N)COC. The van der Waals surface area contributed by atoms with Gasteiger partial charge in [-0.25, -0.2) is 4.39 Å². The molecule has 0 bridgehead atoms. The first-order valence-electron chi connectivity index (χ1n) is 12.4. The van der Waals surface area contributed by atoms with Crippen LogP contribution in [0.4, 0.5) is 10.1 Å². The fourth-order valence-electron chi connectivity index (χ4n) is 4.75. The van der Waals surface area contributed by atoms with Crippen molar-refractivity contribution in [3.63, 3.8) is 0 Å². The van der Waals surface area contributed by atoms with Crippen molar-refractivity contribution < 1.29 is 19.0 Å². The number of hydrogen-bond acceptors (Lipinski definition) is 7. The lowest BCUT2D eigenvalue weighted by Crippen LogP contribution is -2.56. The second-order valence-electron chi connectivity index (χ2n) is 10.2. The molecule has 0 aliphatic carbocycles. The summed E-state index contributed by atoms with van der Waals surface area (Å²) in [4.78, 5) is 6.23. The van der Waals surface area contributed by atoms with Crippen LogP contribution in [0.25, 0.3) is 5.70 Å². The number of anilines is 1. The summed E-state index contributed by atoms with van der Waals surface area (Å²) in [5.74, 6) is 0.283. The van der Waals surface area contributed by atoms with Crippen LogP contribution in [0.3, 0.4) is 0 Å². The number of likely N-dealkylation sites (N-methyl/N-ethyl adjacent to an activating group) is 1. The third kappa shape index (κ3) is 6.18. The van der Waals surface area contributed by atoms with Gasteiger partial charge < -0.3 is 30.1 Å². The summed E-state index contributed by atoms with van der Waals surface area (Å²) in [5, 5.41) is 10.9. The lowest BCUT2D eigenvalue weighted by atomic mass is 9.96. The maximum atomic E-state index is 15.7. The summed E-state index contributed by atoms with van der Waals surface area (Å²) in [7, 11) is 5.22. The number of ether oxygens (including phenoxy) is 2. The van der Waals surface area contributed by atoms with Crippen LogP contribution in [0, 0.1) is 5.82 Å². The molecule has 3 N–H and O–H groups in total. The molecule has 36 heavy (non-hydrogen) atoms. The number of phenols is 1. The first-order chi connectivity index (χ1) is 17.0. The van der Waals surface area contributed by atoms with Crippen LogP contribution < -0.4 is 15.4 Å². The zero-order valence-electron chi connectivity index (χ0n) is 22.5. The normalized spacial score (nSPS) is 16.7. The molecule has 1 atom stereocenters. The van der Waals surface area contributed by atoms with E-state index < -0.39 is 11.5 Å². The number of methoxy groups -OCH3 is 2. The molecular weight excluding hydrogens is 459 g/mol. The predicted molar refractivity (Wildman–Crippen MR) is 144 cm³/mol. The van der Waals surface area contributed by atoms with E-state index in [2.05, 4.69) is 23.4 Å². The minimum absolute atomic E-state index is 0.0217. The van der Waals surface area contributed by atoms with Gasteiger partial charge in [0.2, 0.25) is 0 Å². The maximum Gasteiger partial charge on any atom is 0.147 e. The maximum absolute atomic E-state index is 15.7. The molecule has 2 aromatic carbocycles. The molecule has 0 saturated carbocycles. The van der Waals surface area contributed by atoms with E-state index in [9.17, 15) is 5.11 Å². The molecule has 0 unspecified atom stereocenters. The second-order valence-corrected chi connectivity index (χ2v) is 10.2. The van der Waals surface area contributed by atoms with Crippen molar-refractivity contribution in [2.75, 3.05) is 59.0 Å². The van der Waals surface area contributed by atoms with Crippen molar-refractivity contribution in [2.45, 2.75) is 38.9 Å². The van der Waals surface area contributed by atoms with Gasteiger partial charge in [0.1, 0.15) is 23.0 Å². The molecule has 1 aliphatic heterocycles. The average Bonchev–Trinajstić information content (AvgIpc) is 2.81. The smallest absolute Gasteiger partial charge is 0.147 e. The van der Waals surface area contributed by atoms with Crippen molar-refractivity contribution in [1.29, 1.82) is 0 Å². The third-order valence-electron chi connectivity index (χ3n) is 6.75. The summed E-state index contributed by atoms with van der Waals surface area (Å²) in [6.45, 7) is 14.8. The van der Waals surface area contributed by atoms with Gasteiger partial charge in [-0.3, -0.25) is 4.90 Å². The van der Waals surface area contributed by atoms with Gasteiger partial charge in [-0.05, 0) is 49.2 Å². The topological polar surface area (TPSA) is 74.4 Å². The molecule has 0 aromatic heterocycles. The molecule has 0 amide bonds. The molecule has 1 saturated heterocycles. The molecule has 7 nitrogen and oxygen atoms in total. The van der Waals surface area contributed by atoms with E-state index in [1.807, 2.05) is 26.0 Å². The summed E-state index contributed by atoms with van der Waals surface area (Å²) < 4.78 is 26.5. The average molecular weight is 501 g/mol. The molecule has 2 aromatic rings. The molecule has 1 fully saturated rings. The molecule has 198 valence electrons. The number of nitrogens with two attached hydrogens (primary N) is 1. The Labute approximate surface area is 214 Å². The van der Waals surface area contributed by atoms with E-state index in [1.54, 1.807) is 44.2 Å². The third-order valence-corrected chi connectivity index (χ3v) is 6.75. The first-order valence-corrected chi connectivity index (χ1v) is 12.4. The van der Waals surface area contributed by atoms with Crippen LogP contribution in [0.5, 0.6) is 11.5 Å². The Bertz CT molecular complexity index is 1070. The largest absolute Gasteiger partial charge is 0.507 e. The van der Waals surface area contributed by atoms with Gasteiger partial charge in [-0.15, -0.1) is 0 Å². The molecule has 0 spiro atoms. The minimum Gasteiger partial charge on any atom is -0.507 e. The van der Waals surface area contributed by atoms with Gasteiger partial charge in [-0.1, -0.05) is 26.5 Å². The van der Waals surface area contributed by atoms with Crippen LogP contribution in [-0.2, 0) is 11.3 Å². The van der Waals surface area contributed by atoms with Crippen LogP contribution in [0.15, 0.2) is 36.9 Å². The number of piperazine rings is 1. The van der Waals surface area contributed by atoms with Gasteiger partial charge in [0, 0.05) is 57.2 Å². The van der Waals surface area contributed by atoms with Crippen LogP contribution >= 0.6 is 0 Å². The second kappa shape index (κ2) is 11.6. The van der Waals surface area contributed by atoms with E-state index in [1.165, 1.54) is 0 Å². The van der Waals surface area contributed by atoms with Crippen molar-refractivity contribution in [2.24, 2.45) is 5.73 Å². The summed E-state index contributed by atoms with van der Waals surface area (Å²) in [6.07, 6.45) is 0. The van der Waals surface area contributed by atoms with E-state index in [0.29, 0.717) is 23.6 Å². The molecular formula is C28H41FN4O3. The summed E-state index contributed by atoms with van der Waals surface area (Å²) >= 11 is 0. The Balaban J connectivity index is 2.00. The Hall–Kier alpha value is -2.65. The monoisotopic (exact) mass is 500 g/mol. The highest BCUT2D eigenvalue weighted by Crippen LogP contribution is 2.40. The first kappa shape index (κ1) is 27.9. The summed E-state index contributed by atoms with van der Waals surface area (Å²) in [6, 6.07) is 8.61. The van der Waals surface area contributed by atoms with Gasteiger partial charge in [0.25, 0.3) is 0 Å². The number of phenolic OH excluding ortho intramolecular Hbond substituents is 1. The van der Waals surface area contributed by atoms with Gasteiger partial charge >= 0.3 is 0 Å². The lowest BCUT2D eigenvalue weighted by Gasteiger charge is -2.41. The Morgan fingerprint density at radius 1 is 1.19 bits per heavy atom. The van der Waals surface area contributed by atoms with Crippen molar-refractivity contribution in [3.05, 3.63) is 59.4 Å². The number of hydrogen-bond donors (Lipinski definition) is 2. The minimum atomic E-state index is -1.14. The fraction of sp³-hybridized carbons (Fsp3) is 0.500. The number of benzene rings is 2. The highest BCUT2D eigenvalue weighted by molar-refractivity contribution is 5.83. The zero-order valence-corrected chi connectivity index (χ0v) is 22.5. The van der Waals surface area contributed by atoms with Crippen molar-refractivity contribution in [1.82, 2.24) is 9.80 Å². The zero-order chi connectivity index (χ0) is 26.6. The lowest BCUT2D eigenvalue weighted by molar-refractivity contribution is 0.143. The standard InChI is InChI=1S/C28H41FN4O3/c1-19(2)22-15-23(26(34)16-27(22)36-7)20(3)33(28(4,30)18-35-6)25-9-8-21(14-24(25)29)17-32-12-10-31(5)11-13-32/h8-9,14-16,19,34H,3,10-13,17-18,30H2,1-2,4-7H3/t28-/m1/s1. The Morgan fingerprint density at radius 2 is 1.86 bits per heavy atom. The highest BCUT2D eigenvalue weighted by atomic mass is 19.1. The molecule has 3 rings (SSSR count). The van der Waals surface area contributed by atoms with Gasteiger partial charge in [0.05, 0.1) is 19.4 Å². The Morgan fingerprint density at radius 3 is 2.42 bits per heavy atom. The van der Waals surface area contributed by atoms with Crippen molar-refractivity contribution >= 4 is 11.4 Å². The van der Waals surface area contributed by atoms with Gasteiger partial charge in [0.15, 0.2) is 0 Å². The highest BCUT2D eigenvalue weighted by Gasteiger charge is 2.34. The number of rotatable bonds is 10. The fourth-order valence-corrected chi connectivity index (χ4v) is 4.75. The molecule has 8 heteroatoms. The van der Waals surface area contributed by atoms with Crippen LogP contribution in [0.2, 0.25) is 0 Å². The summed E-state index contributed by atoms with van der Waals surface area (Å²) in [5.41, 5.74) is 8.41. The number of halogens is 1. The van der Waals surface area contributed by atoms with E-state index in [0.717, 1.165) is 37.3 Å². The molecule has 1 aliphatic rings. The van der Waals surface area contributed by atoms with Crippen LogP contribution in [-0.4, -0.2) is 74.6 Å². The van der Waals surface area contributed by atoms with E-state index >= 15 is 4.39 Å². The quantitative estimate of drug-likeness (QED) is 0.474. The van der Waals surface area contributed by atoms with Gasteiger partial charge in [-0.2, -0.15) is 0 Å². The molecule has 0 radical (unpaired) electrons. The number of aromatic hydroxyl groups is 1. The number of nitrogens with zero attached hydrogens (tertiary/aromatic N) is 3. The van der Waals surface area contributed by atoms with E-state index in [-0.39, 0.29) is 24.0 Å². The molecule has 1 heterocycles.